The summed E-state index contributed by atoms with van der Waals surface area (Å²) < 4.78 is 21.6. The van der Waals surface area contributed by atoms with Gasteiger partial charge in [0.05, 0.1) is 27.4 Å². The number of ether oxygens (including phenoxy) is 3. The average Bonchev–Trinajstić information content (AvgIpc) is 2.91. The summed E-state index contributed by atoms with van der Waals surface area (Å²) in [4.78, 5) is 0. The first-order valence-corrected chi connectivity index (χ1v) is 6.23. The van der Waals surface area contributed by atoms with Crippen molar-refractivity contribution in [3.05, 3.63) is 41.3 Å². The quantitative estimate of drug-likeness (QED) is 0.910. The molecule has 108 valence electrons. The van der Waals surface area contributed by atoms with Crippen LogP contribution >= 0.6 is 0 Å². The Morgan fingerprint density at radius 2 is 1.65 bits per heavy atom. The molecule has 5 heteroatoms. The summed E-state index contributed by atoms with van der Waals surface area (Å²) in [7, 11) is 4.71. The molecule has 20 heavy (non-hydrogen) atoms. The van der Waals surface area contributed by atoms with Gasteiger partial charge in [0.1, 0.15) is 11.5 Å². The van der Waals surface area contributed by atoms with Gasteiger partial charge in [-0.1, -0.05) is 0 Å². The molecule has 0 bridgehead atoms. The van der Waals surface area contributed by atoms with Gasteiger partial charge in [-0.05, 0) is 31.2 Å². The van der Waals surface area contributed by atoms with Gasteiger partial charge in [0.15, 0.2) is 11.5 Å². The highest BCUT2D eigenvalue weighted by molar-refractivity contribution is 5.57. The summed E-state index contributed by atoms with van der Waals surface area (Å²) >= 11 is 0. The fourth-order valence-corrected chi connectivity index (χ4v) is 2.14. The van der Waals surface area contributed by atoms with E-state index in [4.69, 9.17) is 24.4 Å². The van der Waals surface area contributed by atoms with Crippen molar-refractivity contribution in [3.8, 4) is 17.2 Å². The van der Waals surface area contributed by atoms with E-state index in [1.165, 1.54) is 0 Å². The van der Waals surface area contributed by atoms with Crippen molar-refractivity contribution < 1.29 is 18.6 Å². The highest BCUT2D eigenvalue weighted by Gasteiger charge is 2.22. The Labute approximate surface area is 118 Å². The molecule has 2 aromatic rings. The van der Waals surface area contributed by atoms with E-state index in [-0.39, 0.29) is 0 Å². The third-order valence-corrected chi connectivity index (χ3v) is 3.14. The molecule has 1 heterocycles. The van der Waals surface area contributed by atoms with Gasteiger partial charge in [0.2, 0.25) is 5.75 Å². The third-order valence-electron chi connectivity index (χ3n) is 3.14. The van der Waals surface area contributed by atoms with Crippen LogP contribution in [0.4, 0.5) is 0 Å². The number of methoxy groups -OCH3 is 3. The SMILES string of the molecule is COc1ccc(C(N)c2ccc(C)o2)c(OC)c1OC. The molecular formula is C15H19NO4. The van der Waals surface area contributed by atoms with Crippen molar-refractivity contribution >= 4 is 0 Å². The maximum Gasteiger partial charge on any atom is 0.203 e. The Kier molecular flexibility index (Phi) is 4.20. The van der Waals surface area contributed by atoms with E-state index in [0.29, 0.717) is 23.0 Å². The van der Waals surface area contributed by atoms with Crippen LogP contribution in [-0.4, -0.2) is 21.3 Å². The van der Waals surface area contributed by atoms with Gasteiger partial charge >= 0.3 is 0 Å². The second-order valence-electron chi connectivity index (χ2n) is 4.35. The monoisotopic (exact) mass is 277 g/mol. The summed E-state index contributed by atoms with van der Waals surface area (Å²) in [6, 6.07) is 6.95. The van der Waals surface area contributed by atoms with Crippen molar-refractivity contribution in [1.82, 2.24) is 0 Å². The van der Waals surface area contributed by atoms with E-state index in [0.717, 1.165) is 11.3 Å². The lowest BCUT2D eigenvalue weighted by Gasteiger charge is -2.18. The van der Waals surface area contributed by atoms with Crippen molar-refractivity contribution in [2.75, 3.05) is 21.3 Å². The summed E-state index contributed by atoms with van der Waals surface area (Å²) in [5, 5.41) is 0. The molecule has 0 saturated heterocycles. The molecule has 0 spiro atoms. The molecule has 1 aromatic carbocycles. The molecule has 0 aliphatic heterocycles. The number of benzene rings is 1. The number of nitrogens with two attached hydrogens (primary N) is 1. The molecular weight excluding hydrogens is 258 g/mol. The third kappa shape index (κ3) is 2.44. The van der Waals surface area contributed by atoms with Gasteiger partial charge in [-0.2, -0.15) is 0 Å². The normalized spacial score (nSPS) is 12.1. The highest BCUT2D eigenvalue weighted by atomic mass is 16.5. The van der Waals surface area contributed by atoms with E-state index in [1.807, 2.05) is 25.1 Å². The van der Waals surface area contributed by atoms with Gasteiger partial charge in [0, 0.05) is 5.56 Å². The lowest BCUT2D eigenvalue weighted by molar-refractivity contribution is 0.320. The number of hydrogen-bond donors (Lipinski definition) is 1. The average molecular weight is 277 g/mol. The topological polar surface area (TPSA) is 66.9 Å². The van der Waals surface area contributed by atoms with E-state index in [1.54, 1.807) is 27.4 Å². The molecule has 0 amide bonds. The molecule has 0 radical (unpaired) electrons. The summed E-state index contributed by atoms with van der Waals surface area (Å²) in [6.07, 6.45) is 0. The smallest absolute Gasteiger partial charge is 0.203 e. The molecule has 0 aliphatic carbocycles. The van der Waals surface area contributed by atoms with Gasteiger partial charge in [-0.15, -0.1) is 0 Å². The van der Waals surface area contributed by atoms with E-state index >= 15 is 0 Å². The molecule has 0 fully saturated rings. The predicted octanol–water partition coefficient (Wildman–Crippen LogP) is 2.66. The minimum atomic E-state index is -0.432. The zero-order valence-corrected chi connectivity index (χ0v) is 12.1. The standard InChI is InChI=1S/C15H19NO4/c1-9-5-7-11(20-9)13(16)10-6-8-12(17-2)15(19-4)14(10)18-3/h5-8,13H,16H2,1-4H3. The van der Waals surface area contributed by atoms with Crippen molar-refractivity contribution in [2.24, 2.45) is 5.73 Å². The molecule has 5 nitrogen and oxygen atoms in total. The number of aryl methyl sites for hydroxylation is 1. The first-order valence-electron chi connectivity index (χ1n) is 6.23. The Morgan fingerprint density at radius 3 is 2.15 bits per heavy atom. The predicted molar refractivity (Wildman–Crippen MR) is 75.6 cm³/mol. The lowest BCUT2D eigenvalue weighted by Crippen LogP contribution is -2.13. The Bertz CT molecular complexity index is 592. The minimum absolute atomic E-state index is 0.432. The van der Waals surface area contributed by atoms with Crippen molar-refractivity contribution in [2.45, 2.75) is 13.0 Å². The van der Waals surface area contributed by atoms with Crippen LogP contribution in [0.15, 0.2) is 28.7 Å². The molecule has 0 saturated carbocycles. The molecule has 1 aromatic heterocycles. The Morgan fingerprint density at radius 1 is 0.950 bits per heavy atom. The van der Waals surface area contributed by atoms with Crippen LogP contribution < -0.4 is 19.9 Å². The molecule has 1 atom stereocenters. The van der Waals surface area contributed by atoms with E-state index in [2.05, 4.69) is 0 Å². The van der Waals surface area contributed by atoms with Crippen LogP contribution in [0.3, 0.4) is 0 Å². The van der Waals surface area contributed by atoms with Crippen LogP contribution in [0.2, 0.25) is 0 Å². The van der Waals surface area contributed by atoms with Crippen LogP contribution in [0.5, 0.6) is 17.2 Å². The first kappa shape index (κ1) is 14.3. The molecule has 2 rings (SSSR count). The zero-order chi connectivity index (χ0) is 14.7. The summed E-state index contributed by atoms with van der Waals surface area (Å²) in [6.45, 7) is 1.88. The van der Waals surface area contributed by atoms with Gasteiger partial charge in [-0.25, -0.2) is 0 Å². The number of furan rings is 1. The van der Waals surface area contributed by atoms with E-state index in [9.17, 15) is 0 Å². The summed E-state index contributed by atoms with van der Waals surface area (Å²) in [5.41, 5.74) is 7.03. The number of rotatable bonds is 5. The second-order valence-corrected chi connectivity index (χ2v) is 4.35. The largest absolute Gasteiger partial charge is 0.493 e. The van der Waals surface area contributed by atoms with Gasteiger partial charge in [0.25, 0.3) is 0 Å². The number of hydrogen-bond acceptors (Lipinski definition) is 5. The van der Waals surface area contributed by atoms with Gasteiger partial charge in [-0.3, -0.25) is 0 Å². The van der Waals surface area contributed by atoms with Gasteiger partial charge < -0.3 is 24.4 Å². The fraction of sp³-hybridized carbons (Fsp3) is 0.333. The highest BCUT2D eigenvalue weighted by Crippen LogP contribution is 2.42. The minimum Gasteiger partial charge on any atom is -0.493 e. The van der Waals surface area contributed by atoms with Crippen LogP contribution in [0.1, 0.15) is 23.1 Å². The molecule has 1 unspecified atom stereocenters. The van der Waals surface area contributed by atoms with Crippen LogP contribution in [-0.2, 0) is 0 Å². The lowest BCUT2D eigenvalue weighted by atomic mass is 10.0. The maximum absolute atomic E-state index is 6.25. The van der Waals surface area contributed by atoms with Crippen LogP contribution in [0, 0.1) is 6.92 Å². The zero-order valence-electron chi connectivity index (χ0n) is 12.1. The molecule has 0 aliphatic rings. The Balaban J connectivity index is 2.51. The fourth-order valence-electron chi connectivity index (χ4n) is 2.14. The van der Waals surface area contributed by atoms with Crippen molar-refractivity contribution in [3.63, 3.8) is 0 Å². The molecule has 2 N–H and O–H groups in total. The van der Waals surface area contributed by atoms with Crippen LogP contribution in [0.25, 0.3) is 0 Å². The maximum atomic E-state index is 6.25. The summed E-state index contributed by atoms with van der Waals surface area (Å²) in [5.74, 6) is 3.15. The van der Waals surface area contributed by atoms with E-state index < -0.39 is 6.04 Å². The van der Waals surface area contributed by atoms with Crippen molar-refractivity contribution in [1.29, 1.82) is 0 Å². The second kappa shape index (κ2) is 5.88. The first-order chi connectivity index (χ1) is 9.62. The Hall–Kier alpha value is -2.14.